The van der Waals surface area contributed by atoms with Gasteiger partial charge in [-0.1, -0.05) is 44.0 Å². The molecule has 0 aromatic carbocycles. The lowest BCUT2D eigenvalue weighted by Crippen LogP contribution is -2.34. The maximum Gasteiger partial charge on any atom is 0.234 e. The SMILES string of the molecule is CCNc1nc(OC2CC(C)CC(C)(C)C2)c(Cl)cc1Cl. The van der Waals surface area contributed by atoms with Crippen LogP contribution in [-0.4, -0.2) is 17.6 Å². The Balaban J connectivity index is 2.17. The normalized spacial score (nSPS) is 24.7. The smallest absolute Gasteiger partial charge is 0.234 e. The minimum absolute atomic E-state index is 0.157. The number of nitrogens with zero attached hydrogens (tertiary/aromatic N) is 1. The van der Waals surface area contributed by atoms with E-state index in [4.69, 9.17) is 27.9 Å². The molecule has 1 N–H and O–H groups in total. The summed E-state index contributed by atoms with van der Waals surface area (Å²) in [7, 11) is 0. The summed E-state index contributed by atoms with van der Waals surface area (Å²) in [5, 5.41) is 4.11. The summed E-state index contributed by atoms with van der Waals surface area (Å²) in [5.41, 5.74) is 0.297. The zero-order valence-corrected chi connectivity index (χ0v) is 14.7. The number of anilines is 1. The van der Waals surface area contributed by atoms with Crippen LogP contribution in [0.5, 0.6) is 5.88 Å². The molecule has 1 saturated carbocycles. The quantitative estimate of drug-likeness (QED) is 0.800. The Morgan fingerprint density at radius 3 is 2.67 bits per heavy atom. The molecule has 0 spiro atoms. The minimum atomic E-state index is 0.157. The van der Waals surface area contributed by atoms with Crippen LogP contribution in [0.1, 0.15) is 47.0 Å². The summed E-state index contributed by atoms with van der Waals surface area (Å²) in [6, 6.07) is 1.70. The van der Waals surface area contributed by atoms with Crippen LogP contribution in [0.2, 0.25) is 10.0 Å². The number of hydrogen-bond acceptors (Lipinski definition) is 3. The average molecular weight is 331 g/mol. The Morgan fingerprint density at radius 2 is 2.05 bits per heavy atom. The van der Waals surface area contributed by atoms with E-state index >= 15 is 0 Å². The Bertz CT molecular complexity index is 505. The van der Waals surface area contributed by atoms with Gasteiger partial charge in [-0.15, -0.1) is 0 Å². The van der Waals surface area contributed by atoms with Crippen LogP contribution < -0.4 is 10.1 Å². The van der Waals surface area contributed by atoms with Gasteiger partial charge in [0.05, 0.1) is 5.02 Å². The molecule has 0 amide bonds. The van der Waals surface area contributed by atoms with Gasteiger partial charge in [0.2, 0.25) is 5.88 Å². The predicted molar refractivity (Wildman–Crippen MR) is 89.6 cm³/mol. The van der Waals surface area contributed by atoms with Crippen molar-refractivity contribution >= 4 is 29.0 Å². The molecule has 2 unspecified atom stereocenters. The van der Waals surface area contributed by atoms with Gasteiger partial charge in [-0.25, -0.2) is 0 Å². The third kappa shape index (κ3) is 4.40. The highest BCUT2D eigenvalue weighted by Gasteiger charge is 2.33. The monoisotopic (exact) mass is 330 g/mol. The molecule has 0 aliphatic heterocycles. The molecule has 0 radical (unpaired) electrons. The topological polar surface area (TPSA) is 34.2 Å². The van der Waals surface area contributed by atoms with Gasteiger partial charge in [0.15, 0.2) is 0 Å². The fourth-order valence-electron chi connectivity index (χ4n) is 3.33. The standard InChI is InChI=1S/C16H24Cl2N2O/c1-5-19-14-12(17)7-13(18)15(20-14)21-11-6-10(2)8-16(3,4)9-11/h7,10-11H,5-6,8-9H2,1-4H3,(H,19,20). The van der Waals surface area contributed by atoms with Gasteiger partial charge in [0.1, 0.15) is 16.9 Å². The third-order valence-corrected chi connectivity index (χ3v) is 4.43. The predicted octanol–water partition coefficient (Wildman–Crippen LogP) is 5.41. The molecule has 0 bridgehead atoms. The van der Waals surface area contributed by atoms with Crippen molar-refractivity contribution in [1.82, 2.24) is 4.98 Å². The number of pyridine rings is 1. The van der Waals surface area contributed by atoms with Gasteiger partial charge in [-0.05, 0) is 43.6 Å². The minimum Gasteiger partial charge on any atom is -0.473 e. The molecule has 21 heavy (non-hydrogen) atoms. The van der Waals surface area contributed by atoms with Crippen molar-refractivity contribution in [1.29, 1.82) is 0 Å². The maximum atomic E-state index is 6.23. The van der Waals surface area contributed by atoms with Crippen molar-refractivity contribution < 1.29 is 4.74 Å². The summed E-state index contributed by atoms with van der Waals surface area (Å²) < 4.78 is 6.09. The molecule has 1 aliphatic rings. The van der Waals surface area contributed by atoms with E-state index in [0.29, 0.717) is 33.1 Å². The number of rotatable bonds is 4. The van der Waals surface area contributed by atoms with Crippen molar-refractivity contribution in [2.24, 2.45) is 11.3 Å². The molecule has 1 fully saturated rings. The van der Waals surface area contributed by atoms with E-state index in [1.165, 1.54) is 6.42 Å². The van der Waals surface area contributed by atoms with Crippen molar-refractivity contribution in [2.45, 2.75) is 53.1 Å². The van der Waals surface area contributed by atoms with Gasteiger partial charge in [0, 0.05) is 6.54 Å². The first-order valence-electron chi connectivity index (χ1n) is 7.57. The first-order valence-corrected chi connectivity index (χ1v) is 8.33. The summed E-state index contributed by atoms with van der Waals surface area (Å²) >= 11 is 12.4. The second kappa shape index (κ2) is 6.62. The van der Waals surface area contributed by atoms with Gasteiger partial charge in [-0.2, -0.15) is 4.98 Å². The van der Waals surface area contributed by atoms with Crippen LogP contribution in [0.3, 0.4) is 0 Å². The Kier molecular flexibility index (Phi) is 5.26. The van der Waals surface area contributed by atoms with Crippen molar-refractivity contribution in [3.05, 3.63) is 16.1 Å². The summed E-state index contributed by atoms with van der Waals surface area (Å²) in [5.74, 6) is 1.76. The molecule has 1 heterocycles. The molecular formula is C16H24Cl2N2O. The Hall–Kier alpha value is -0.670. The lowest BCUT2D eigenvalue weighted by atomic mass is 9.71. The van der Waals surface area contributed by atoms with Gasteiger partial charge in [-0.3, -0.25) is 0 Å². The molecule has 118 valence electrons. The van der Waals surface area contributed by atoms with E-state index in [0.717, 1.165) is 19.4 Å². The first-order chi connectivity index (χ1) is 9.80. The summed E-state index contributed by atoms with van der Waals surface area (Å²) in [6.45, 7) is 9.61. The summed E-state index contributed by atoms with van der Waals surface area (Å²) in [4.78, 5) is 4.43. The highest BCUT2D eigenvalue weighted by Crippen LogP contribution is 2.41. The van der Waals surface area contributed by atoms with E-state index in [2.05, 4.69) is 31.1 Å². The molecule has 5 heteroatoms. The van der Waals surface area contributed by atoms with Crippen LogP contribution in [0.15, 0.2) is 6.07 Å². The van der Waals surface area contributed by atoms with Gasteiger partial charge in [0.25, 0.3) is 0 Å². The van der Waals surface area contributed by atoms with E-state index in [9.17, 15) is 0 Å². The fraction of sp³-hybridized carbons (Fsp3) is 0.688. The maximum absolute atomic E-state index is 6.23. The van der Waals surface area contributed by atoms with Gasteiger partial charge < -0.3 is 10.1 Å². The van der Waals surface area contributed by atoms with E-state index in [1.54, 1.807) is 6.07 Å². The molecule has 0 saturated heterocycles. The second-order valence-electron chi connectivity index (χ2n) is 6.79. The van der Waals surface area contributed by atoms with Crippen LogP contribution in [0.4, 0.5) is 5.82 Å². The van der Waals surface area contributed by atoms with Crippen LogP contribution in [-0.2, 0) is 0 Å². The largest absolute Gasteiger partial charge is 0.473 e. The zero-order chi connectivity index (χ0) is 15.6. The lowest BCUT2D eigenvalue weighted by Gasteiger charge is -2.38. The number of nitrogens with one attached hydrogen (secondary N) is 1. The highest BCUT2D eigenvalue weighted by molar-refractivity contribution is 6.36. The lowest BCUT2D eigenvalue weighted by molar-refractivity contribution is 0.0534. The molecule has 2 rings (SSSR count). The second-order valence-corrected chi connectivity index (χ2v) is 7.60. The van der Waals surface area contributed by atoms with Gasteiger partial charge >= 0.3 is 0 Å². The highest BCUT2D eigenvalue weighted by atomic mass is 35.5. The number of halogens is 2. The van der Waals surface area contributed by atoms with E-state index < -0.39 is 0 Å². The van der Waals surface area contributed by atoms with Crippen molar-refractivity contribution in [3.63, 3.8) is 0 Å². The molecular weight excluding hydrogens is 307 g/mol. The number of ether oxygens (including phenoxy) is 1. The Morgan fingerprint density at radius 1 is 1.33 bits per heavy atom. The average Bonchev–Trinajstić information content (AvgIpc) is 2.32. The summed E-state index contributed by atoms with van der Waals surface area (Å²) in [6.07, 6.45) is 3.45. The molecule has 1 aromatic rings. The van der Waals surface area contributed by atoms with Crippen LogP contribution in [0.25, 0.3) is 0 Å². The van der Waals surface area contributed by atoms with Crippen molar-refractivity contribution in [3.8, 4) is 5.88 Å². The third-order valence-electron chi connectivity index (χ3n) is 3.87. The zero-order valence-electron chi connectivity index (χ0n) is 13.2. The van der Waals surface area contributed by atoms with Crippen LogP contribution >= 0.6 is 23.2 Å². The number of aromatic nitrogens is 1. The van der Waals surface area contributed by atoms with E-state index in [1.807, 2.05) is 6.92 Å². The molecule has 1 aromatic heterocycles. The number of hydrogen-bond donors (Lipinski definition) is 1. The fourth-order valence-corrected chi connectivity index (χ4v) is 3.80. The molecule has 3 nitrogen and oxygen atoms in total. The Labute approximate surface area is 137 Å². The first kappa shape index (κ1) is 16.7. The molecule has 1 aliphatic carbocycles. The van der Waals surface area contributed by atoms with E-state index in [-0.39, 0.29) is 6.10 Å². The molecule has 2 atom stereocenters. The van der Waals surface area contributed by atoms with Crippen LogP contribution in [0, 0.1) is 11.3 Å². The van der Waals surface area contributed by atoms with Crippen molar-refractivity contribution in [2.75, 3.05) is 11.9 Å².